The normalized spacial score (nSPS) is 22.9. The highest BCUT2D eigenvalue weighted by atomic mass is 32.2. The van der Waals surface area contributed by atoms with Crippen LogP contribution in [0.2, 0.25) is 0 Å². The number of para-hydroxylation sites is 1. The van der Waals surface area contributed by atoms with Gasteiger partial charge in [0, 0.05) is 22.3 Å². The van der Waals surface area contributed by atoms with Crippen molar-refractivity contribution in [1.82, 2.24) is 4.98 Å². The van der Waals surface area contributed by atoms with Gasteiger partial charge in [0.15, 0.2) is 0 Å². The van der Waals surface area contributed by atoms with Crippen molar-refractivity contribution in [3.05, 3.63) is 60.2 Å². The molecular formula is C24H24N2O2S. The minimum absolute atomic E-state index is 0.156. The third kappa shape index (κ3) is 3.48. The van der Waals surface area contributed by atoms with Crippen LogP contribution in [0, 0.1) is 5.41 Å². The summed E-state index contributed by atoms with van der Waals surface area (Å²) in [5.41, 5.74) is 1.91. The highest BCUT2D eigenvalue weighted by molar-refractivity contribution is 8.15. The van der Waals surface area contributed by atoms with E-state index in [-0.39, 0.29) is 11.2 Å². The number of ether oxygens (including phenoxy) is 1. The van der Waals surface area contributed by atoms with Crippen LogP contribution >= 0.6 is 11.8 Å². The number of hydrogen-bond donors (Lipinski definition) is 1. The molecule has 1 aromatic heterocycles. The van der Waals surface area contributed by atoms with E-state index in [1.54, 1.807) is 6.07 Å². The third-order valence-electron chi connectivity index (χ3n) is 5.96. The minimum Gasteiger partial charge on any atom is -0.506 e. The Morgan fingerprint density at radius 3 is 2.83 bits per heavy atom. The fraction of sp³-hybridized carbons (Fsp3) is 0.333. The molecule has 0 amide bonds. The molecule has 3 aromatic rings. The monoisotopic (exact) mass is 404 g/mol. The maximum Gasteiger partial charge on any atom is 0.219 e. The van der Waals surface area contributed by atoms with Crippen LogP contribution < -0.4 is 4.74 Å². The largest absolute Gasteiger partial charge is 0.506 e. The molecule has 1 fully saturated rings. The van der Waals surface area contributed by atoms with Gasteiger partial charge < -0.3 is 9.84 Å². The number of aromatic nitrogens is 1. The predicted molar refractivity (Wildman–Crippen MR) is 119 cm³/mol. The first-order valence-electron chi connectivity index (χ1n) is 10.1. The fourth-order valence-corrected chi connectivity index (χ4v) is 5.94. The van der Waals surface area contributed by atoms with Crippen molar-refractivity contribution < 1.29 is 9.84 Å². The van der Waals surface area contributed by atoms with Crippen molar-refractivity contribution in [2.75, 3.05) is 0 Å². The molecule has 0 unspecified atom stereocenters. The van der Waals surface area contributed by atoms with Crippen LogP contribution in [0.4, 0.5) is 0 Å². The number of hydrogen-bond acceptors (Lipinski definition) is 5. The number of fused-ring (bicyclic) bond motifs is 2. The van der Waals surface area contributed by atoms with Crippen molar-refractivity contribution in [3.63, 3.8) is 0 Å². The second kappa shape index (κ2) is 7.06. The lowest BCUT2D eigenvalue weighted by Crippen LogP contribution is -2.38. The van der Waals surface area contributed by atoms with E-state index in [9.17, 15) is 5.11 Å². The molecule has 1 aliphatic carbocycles. The zero-order chi connectivity index (χ0) is 20.0. The van der Waals surface area contributed by atoms with Crippen LogP contribution in [0.1, 0.15) is 38.7 Å². The molecule has 2 atom stereocenters. The Labute approximate surface area is 175 Å². The summed E-state index contributed by atoms with van der Waals surface area (Å²) in [6.07, 6.45) is 3.77. The number of rotatable bonds is 3. The molecule has 5 heteroatoms. The first-order valence-corrected chi connectivity index (χ1v) is 11.0. The lowest BCUT2D eigenvalue weighted by atomic mass is 9.73. The number of thioether (sulfide) groups is 1. The molecule has 5 rings (SSSR count). The Morgan fingerprint density at radius 2 is 1.97 bits per heavy atom. The van der Waals surface area contributed by atoms with Gasteiger partial charge in [0.05, 0.1) is 11.1 Å². The van der Waals surface area contributed by atoms with Crippen molar-refractivity contribution >= 4 is 27.7 Å². The summed E-state index contributed by atoms with van der Waals surface area (Å²) >= 11 is 1.91. The highest BCUT2D eigenvalue weighted by Gasteiger charge is 2.43. The summed E-state index contributed by atoms with van der Waals surface area (Å²) in [6.45, 7) is 4.69. The van der Waals surface area contributed by atoms with E-state index in [1.165, 1.54) is 19.3 Å². The van der Waals surface area contributed by atoms with Gasteiger partial charge in [-0.1, -0.05) is 44.5 Å². The zero-order valence-corrected chi connectivity index (χ0v) is 17.4. The smallest absolute Gasteiger partial charge is 0.219 e. The summed E-state index contributed by atoms with van der Waals surface area (Å²) in [4.78, 5) is 9.58. The van der Waals surface area contributed by atoms with Crippen molar-refractivity contribution in [1.29, 1.82) is 0 Å². The van der Waals surface area contributed by atoms with Gasteiger partial charge in [0.2, 0.25) is 5.88 Å². The molecule has 4 nitrogen and oxygen atoms in total. The van der Waals surface area contributed by atoms with Crippen molar-refractivity contribution in [3.8, 4) is 17.4 Å². The Balaban J connectivity index is 1.41. The molecule has 1 aliphatic heterocycles. The first-order chi connectivity index (χ1) is 14.0. The predicted octanol–water partition coefficient (Wildman–Crippen LogP) is 6.17. The molecule has 0 spiro atoms. The second-order valence-electron chi connectivity index (χ2n) is 8.54. The lowest BCUT2D eigenvalue weighted by molar-refractivity contribution is 0.213. The van der Waals surface area contributed by atoms with E-state index < -0.39 is 0 Å². The number of aromatic hydroxyl groups is 1. The van der Waals surface area contributed by atoms with Gasteiger partial charge >= 0.3 is 0 Å². The first kappa shape index (κ1) is 18.5. The standard InChI is InChI=1S/C24H24N2O2S/c1-24(2)13-5-10-19-22(24)26-23(29-19)16-7-3-8-17(14-16)28-20-12-11-15-6-4-9-18(27)21(15)25-20/h3-4,6-9,11-12,14,19,22,27H,5,10,13H2,1-2H3/t19-,22+/m0/s1. The topological polar surface area (TPSA) is 54.7 Å². The zero-order valence-electron chi connectivity index (χ0n) is 16.6. The van der Waals surface area contributed by atoms with Gasteiger partial charge in [0.25, 0.3) is 0 Å². The van der Waals surface area contributed by atoms with Gasteiger partial charge in [-0.2, -0.15) is 0 Å². The van der Waals surface area contributed by atoms with Gasteiger partial charge in [-0.05, 0) is 42.5 Å². The van der Waals surface area contributed by atoms with E-state index in [1.807, 2.05) is 54.2 Å². The lowest BCUT2D eigenvalue weighted by Gasteiger charge is -2.37. The van der Waals surface area contributed by atoms with Crippen LogP contribution in [0.25, 0.3) is 10.9 Å². The molecule has 0 bridgehead atoms. The minimum atomic E-state index is 0.156. The number of aliphatic imine (C=N–C) groups is 1. The van der Waals surface area contributed by atoms with Crippen molar-refractivity contribution in [2.45, 2.75) is 44.4 Å². The molecule has 0 radical (unpaired) electrons. The summed E-state index contributed by atoms with van der Waals surface area (Å²) in [7, 11) is 0. The van der Waals surface area contributed by atoms with E-state index in [0.717, 1.165) is 21.7 Å². The van der Waals surface area contributed by atoms with Crippen LogP contribution in [0.5, 0.6) is 17.4 Å². The molecule has 1 saturated carbocycles. The number of nitrogens with zero attached hydrogens (tertiary/aromatic N) is 2. The molecule has 2 heterocycles. The number of phenols is 1. The molecular weight excluding hydrogens is 380 g/mol. The summed E-state index contributed by atoms with van der Waals surface area (Å²) in [5.74, 6) is 1.35. The number of pyridine rings is 1. The number of phenolic OH excluding ortho intramolecular Hbond substituents is 1. The maximum absolute atomic E-state index is 10.1. The SMILES string of the molecule is CC1(C)CCC[C@@H]2SC(c3cccc(Oc4ccc5cccc(O)c5n4)c3)=N[C@H]21. The Bertz CT molecular complexity index is 1110. The molecule has 148 valence electrons. The summed E-state index contributed by atoms with van der Waals surface area (Å²) in [6, 6.07) is 17.6. The molecule has 29 heavy (non-hydrogen) atoms. The van der Waals surface area contributed by atoms with E-state index >= 15 is 0 Å². The number of benzene rings is 2. The molecule has 1 N–H and O–H groups in total. The molecule has 0 saturated heterocycles. The Hall–Kier alpha value is -2.53. The highest BCUT2D eigenvalue weighted by Crippen LogP contribution is 2.47. The van der Waals surface area contributed by atoms with Gasteiger partial charge in [-0.15, -0.1) is 11.8 Å². The van der Waals surface area contributed by atoms with E-state index in [2.05, 4.69) is 24.9 Å². The molecule has 2 aromatic carbocycles. The van der Waals surface area contributed by atoms with Gasteiger partial charge in [0.1, 0.15) is 17.0 Å². The summed E-state index contributed by atoms with van der Waals surface area (Å²) < 4.78 is 6.01. The third-order valence-corrected chi connectivity index (χ3v) is 7.32. The average molecular weight is 405 g/mol. The van der Waals surface area contributed by atoms with E-state index in [4.69, 9.17) is 9.73 Å². The second-order valence-corrected chi connectivity index (χ2v) is 9.77. The van der Waals surface area contributed by atoms with Gasteiger partial charge in [-0.3, -0.25) is 4.99 Å². The van der Waals surface area contributed by atoms with E-state index in [0.29, 0.717) is 22.7 Å². The van der Waals surface area contributed by atoms with Gasteiger partial charge in [-0.25, -0.2) is 4.98 Å². The quantitative estimate of drug-likeness (QED) is 0.567. The van der Waals surface area contributed by atoms with Crippen LogP contribution in [0.3, 0.4) is 0 Å². The fourth-order valence-electron chi connectivity index (χ4n) is 4.38. The maximum atomic E-state index is 10.1. The van der Waals surface area contributed by atoms with Crippen LogP contribution in [-0.4, -0.2) is 26.4 Å². The van der Waals surface area contributed by atoms with Crippen LogP contribution in [-0.2, 0) is 0 Å². The average Bonchev–Trinajstić information content (AvgIpc) is 3.15. The van der Waals surface area contributed by atoms with Crippen LogP contribution in [0.15, 0.2) is 59.6 Å². The summed E-state index contributed by atoms with van der Waals surface area (Å²) in [5, 5.41) is 12.6. The molecule has 2 aliphatic rings. The Kier molecular flexibility index (Phi) is 4.50. The Morgan fingerprint density at radius 1 is 1.10 bits per heavy atom. The van der Waals surface area contributed by atoms with Crippen molar-refractivity contribution in [2.24, 2.45) is 10.4 Å².